The van der Waals surface area contributed by atoms with Gasteiger partial charge in [0, 0.05) is 10.7 Å². The van der Waals surface area contributed by atoms with E-state index in [1.807, 2.05) is 0 Å². The van der Waals surface area contributed by atoms with Crippen LogP contribution in [0.3, 0.4) is 0 Å². The summed E-state index contributed by atoms with van der Waals surface area (Å²) in [5, 5.41) is 14.3. The molecule has 2 saturated carbocycles. The van der Waals surface area contributed by atoms with E-state index >= 15 is 0 Å². The van der Waals surface area contributed by atoms with E-state index in [0.717, 1.165) is 18.1 Å². The lowest BCUT2D eigenvalue weighted by molar-refractivity contribution is 0.0952. The summed E-state index contributed by atoms with van der Waals surface area (Å²) >= 11 is 5.73. The van der Waals surface area contributed by atoms with Gasteiger partial charge in [0.25, 0.3) is 5.91 Å². The highest BCUT2D eigenvalue weighted by atomic mass is 35.5. The maximum atomic E-state index is 11.9. The van der Waals surface area contributed by atoms with Gasteiger partial charge in [0.15, 0.2) is 0 Å². The van der Waals surface area contributed by atoms with Gasteiger partial charge >= 0.3 is 0 Å². The Morgan fingerprint density at radius 3 is 2.89 bits per heavy atom. The van der Waals surface area contributed by atoms with E-state index in [1.54, 1.807) is 6.07 Å². The maximum Gasteiger partial charge on any atom is 0.275 e. The summed E-state index contributed by atoms with van der Waals surface area (Å²) in [7, 11) is 0. The van der Waals surface area contributed by atoms with Crippen molar-refractivity contribution in [3.05, 3.63) is 28.8 Å². The molecule has 0 radical (unpaired) electrons. The molecule has 0 aliphatic heterocycles. The smallest absolute Gasteiger partial charge is 0.275 e. The molecular weight excluding hydrogens is 264 g/mol. The molecule has 1 aromatic rings. The van der Waals surface area contributed by atoms with E-state index in [4.69, 9.17) is 11.6 Å². The average Bonchev–Trinajstić information content (AvgIpc) is 2.98. The van der Waals surface area contributed by atoms with Crippen LogP contribution in [-0.2, 0) is 0 Å². The summed E-state index contributed by atoms with van der Waals surface area (Å²) < 4.78 is 0. The quantitative estimate of drug-likeness (QED) is 0.817. The maximum absolute atomic E-state index is 11.9. The van der Waals surface area contributed by atoms with E-state index in [0.29, 0.717) is 10.9 Å². The van der Waals surface area contributed by atoms with E-state index in [9.17, 15) is 9.90 Å². The number of carbonyl (C=O) groups excluding carboxylic acids is 1. The van der Waals surface area contributed by atoms with Crippen LogP contribution < -0.4 is 5.43 Å². The molecule has 2 unspecified atom stereocenters. The lowest BCUT2D eigenvalue weighted by atomic mass is 9.99. The molecule has 19 heavy (non-hydrogen) atoms. The topological polar surface area (TPSA) is 61.7 Å². The third-order valence-electron chi connectivity index (χ3n) is 4.02. The predicted octanol–water partition coefficient (Wildman–Crippen LogP) is 2.95. The van der Waals surface area contributed by atoms with Gasteiger partial charge in [-0.15, -0.1) is 0 Å². The highest BCUT2D eigenvalue weighted by Crippen LogP contribution is 2.42. The number of nitrogens with one attached hydrogen (secondary N) is 1. The summed E-state index contributed by atoms with van der Waals surface area (Å²) in [6.07, 6.45) is 4.68. The molecule has 1 amide bonds. The Morgan fingerprint density at radius 1 is 1.42 bits per heavy atom. The predicted molar refractivity (Wildman–Crippen MR) is 73.5 cm³/mol. The fourth-order valence-corrected chi connectivity index (χ4v) is 3.21. The summed E-state index contributed by atoms with van der Waals surface area (Å²) in [5.41, 5.74) is 3.82. The van der Waals surface area contributed by atoms with Crippen LogP contribution in [0.5, 0.6) is 5.75 Å². The van der Waals surface area contributed by atoms with Gasteiger partial charge in [0.05, 0.1) is 5.56 Å². The Kier molecular flexibility index (Phi) is 3.19. The number of rotatable bonds is 2. The SMILES string of the molecule is O=C(NN=C1CC2CCC1C2)c1ccc(Cl)cc1O. The molecule has 2 aliphatic rings. The summed E-state index contributed by atoms with van der Waals surface area (Å²) in [6, 6.07) is 4.41. The van der Waals surface area contributed by atoms with Crippen LogP contribution in [0.15, 0.2) is 23.3 Å². The second-order valence-electron chi connectivity index (χ2n) is 5.29. The zero-order valence-electron chi connectivity index (χ0n) is 10.4. The van der Waals surface area contributed by atoms with Crippen molar-refractivity contribution in [3.8, 4) is 5.75 Å². The number of nitrogens with zero attached hydrogens (tertiary/aromatic N) is 1. The number of hydrazone groups is 1. The van der Waals surface area contributed by atoms with Crippen LogP contribution in [0, 0.1) is 11.8 Å². The van der Waals surface area contributed by atoms with E-state index in [2.05, 4.69) is 10.5 Å². The number of phenols is 1. The van der Waals surface area contributed by atoms with Crippen molar-refractivity contribution >= 4 is 23.2 Å². The number of fused-ring (bicyclic) bond motifs is 2. The zero-order chi connectivity index (χ0) is 13.4. The van der Waals surface area contributed by atoms with Crippen LogP contribution >= 0.6 is 11.6 Å². The lowest BCUT2D eigenvalue weighted by Gasteiger charge is -2.11. The number of hydrogen-bond donors (Lipinski definition) is 2. The Bertz CT molecular complexity index is 556. The first-order valence-corrected chi connectivity index (χ1v) is 6.86. The van der Waals surface area contributed by atoms with Crippen molar-refractivity contribution in [1.82, 2.24) is 5.43 Å². The van der Waals surface area contributed by atoms with Gasteiger partial charge in [-0.25, -0.2) is 5.43 Å². The molecule has 0 heterocycles. The number of benzene rings is 1. The molecule has 1 aromatic carbocycles. The highest BCUT2D eigenvalue weighted by molar-refractivity contribution is 6.30. The molecular formula is C14H15ClN2O2. The molecule has 100 valence electrons. The molecule has 2 fully saturated rings. The number of halogens is 1. The zero-order valence-corrected chi connectivity index (χ0v) is 11.2. The van der Waals surface area contributed by atoms with Crippen LogP contribution in [0.4, 0.5) is 0 Å². The molecule has 5 heteroatoms. The van der Waals surface area contributed by atoms with Crippen molar-refractivity contribution in [2.75, 3.05) is 0 Å². The van der Waals surface area contributed by atoms with Crippen molar-refractivity contribution < 1.29 is 9.90 Å². The van der Waals surface area contributed by atoms with Crippen LogP contribution in [0.25, 0.3) is 0 Å². The van der Waals surface area contributed by atoms with Crippen molar-refractivity contribution in [2.24, 2.45) is 16.9 Å². The second kappa shape index (κ2) is 4.85. The molecule has 0 aromatic heterocycles. The molecule has 2 N–H and O–H groups in total. The van der Waals surface area contributed by atoms with Gasteiger partial charge in [-0.05, 0) is 55.7 Å². The first-order valence-electron chi connectivity index (χ1n) is 6.49. The fraction of sp³-hybridized carbons (Fsp3) is 0.429. The molecule has 2 bridgehead atoms. The van der Waals surface area contributed by atoms with Crippen molar-refractivity contribution in [3.63, 3.8) is 0 Å². The van der Waals surface area contributed by atoms with Gasteiger partial charge in [-0.2, -0.15) is 5.10 Å². The van der Waals surface area contributed by atoms with Crippen molar-refractivity contribution in [2.45, 2.75) is 25.7 Å². The van der Waals surface area contributed by atoms with Gasteiger partial charge in [-0.3, -0.25) is 4.79 Å². The second-order valence-corrected chi connectivity index (χ2v) is 5.72. The number of aromatic hydroxyl groups is 1. The Balaban J connectivity index is 1.70. The average molecular weight is 279 g/mol. The summed E-state index contributed by atoms with van der Waals surface area (Å²) in [5.74, 6) is 0.774. The number of phenolic OH excluding ortho intramolecular Hbond substituents is 1. The molecule has 0 saturated heterocycles. The van der Waals surface area contributed by atoms with Crippen molar-refractivity contribution in [1.29, 1.82) is 0 Å². The van der Waals surface area contributed by atoms with Gasteiger partial charge in [0.1, 0.15) is 5.75 Å². The largest absolute Gasteiger partial charge is 0.507 e. The first kappa shape index (κ1) is 12.5. The van der Waals surface area contributed by atoms with Crippen LogP contribution in [0.1, 0.15) is 36.0 Å². The third-order valence-corrected chi connectivity index (χ3v) is 4.25. The monoisotopic (exact) mass is 278 g/mol. The number of amides is 1. The van der Waals surface area contributed by atoms with E-state index in [1.165, 1.54) is 31.4 Å². The minimum atomic E-state index is -0.399. The van der Waals surface area contributed by atoms with Crippen LogP contribution in [0.2, 0.25) is 5.02 Å². The normalized spacial score (nSPS) is 26.9. The first-order chi connectivity index (χ1) is 9.13. The van der Waals surface area contributed by atoms with E-state index < -0.39 is 5.91 Å². The highest BCUT2D eigenvalue weighted by Gasteiger charge is 2.36. The fourth-order valence-electron chi connectivity index (χ4n) is 3.04. The third kappa shape index (κ3) is 2.45. The molecule has 4 nitrogen and oxygen atoms in total. The minimum absolute atomic E-state index is 0.127. The van der Waals surface area contributed by atoms with E-state index in [-0.39, 0.29) is 11.3 Å². The Labute approximate surface area is 116 Å². The van der Waals surface area contributed by atoms with Gasteiger partial charge < -0.3 is 5.11 Å². The standard InChI is InChI=1S/C14H15ClN2O2/c15-10-3-4-11(13(18)7-10)14(19)17-16-12-6-8-1-2-9(12)5-8/h3-4,7-9,18H,1-2,5-6H2,(H,17,19). The summed E-state index contributed by atoms with van der Waals surface area (Å²) in [6.45, 7) is 0. The molecule has 0 spiro atoms. The number of carbonyl (C=O) groups is 1. The lowest BCUT2D eigenvalue weighted by Crippen LogP contribution is -2.22. The Morgan fingerprint density at radius 2 is 2.26 bits per heavy atom. The molecule has 2 aliphatic carbocycles. The van der Waals surface area contributed by atoms with Gasteiger partial charge in [-0.1, -0.05) is 11.6 Å². The number of hydrogen-bond acceptors (Lipinski definition) is 3. The summed E-state index contributed by atoms with van der Waals surface area (Å²) in [4.78, 5) is 11.9. The Hall–Kier alpha value is -1.55. The molecule has 3 rings (SSSR count). The molecule has 2 atom stereocenters. The van der Waals surface area contributed by atoms with Crippen LogP contribution in [-0.4, -0.2) is 16.7 Å². The van der Waals surface area contributed by atoms with Gasteiger partial charge in [0.2, 0.25) is 0 Å². The minimum Gasteiger partial charge on any atom is -0.507 e.